The van der Waals surface area contributed by atoms with Crippen molar-refractivity contribution in [2.45, 2.75) is 31.1 Å². The average molecular weight is 384 g/mol. The summed E-state index contributed by atoms with van der Waals surface area (Å²) in [6.45, 7) is 6.04. The zero-order valence-electron chi connectivity index (χ0n) is 14.9. The van der Waals surface area contributed by atoms with E-state index in [1.54, 1.807) is 24.3 Å². The van der Waals surface area contributed by atoms with Crippen LogP contribution in [0.4, 0.5) is 5.69 Å². The van der Waals surface area contributed by atoms with E-state index >= 15 is 0 Å². The van der Waals surface area contributed by atoms with Crippen LogP contribution in [0.25, 0.3) is 0 Å². The average Bonchev–Trinajstić information content (AvgIpc) is 2.53. The lowest BCUT2D eigenvalue weighted by atomic mass is 9.87. The molecule has 7 heteroatoms. The number of halogens is 1. The summed E-state index contributed by atoms with van der Waals surface area (Å²) in [6.07, 6.45) is 0. The van der Waals surface area contributed by atoms with Crippen molar-refractivity contribution in [1.82, 2.24) is 0 Å². The fraction of sp³-hybridized carbons (Fsp3) is 0.333. The highest BCUT2D eigenvalue weighted by atomic mass is 35.5. The lowest BCUT2D eigenvalue weighted by molar-refractivity contribution is 0.402. The molecule has 0 radical (unpaired) electrons. The van der Waals surface area contributed by atoms with E-state index in [4.69, 9.17) is 21.1 Å². The maximum absolute atomic E-state index is 13.0. The maximum Gasteiger partial charge on any atom is 0.265 e. The lowest BCUT2D eigenvalue weighted by Gasteiger charge is -2.21. The van der Waals surface area contributed by atoms with Gasteiger partial charge >= 0.3 is 0 Å². The predicted octanol–water partition coefficient (Wildman–Crippen LogP) is 4.46. The summed E-state index contributed by atoms with van der Waals surface area (Å²) in [6, 6.07) is 9.86. The summed E-state index contributed by atoms with van der Waals surface area (Å²) < 4.78 is 38.9. The van der Waals surface area contributed by atoms with Crippen LogP contribution in [0, 0.1) is 0 Å². The molecule has 2 rings (SSSR count). The van der Waals surface area contributed by atoms with Crippen LogP contribution < -0.4 is 14.2 Å². The molecule has 0 aromatic heterocycles. The van der Waals surface area contributed by atoms with Crippen LogP contribution in [0.5, 0.6) is 11.5 Å². The molecule has 0 saturated heterocycles. The Balaban J connectivity index is 2.55. The summed E-state index contributed by atoms with van der Waals surface area (Å²) >= 11 is 5.98. The molecular formula is C18H22ClNO4S. The highest BCUT2D eigenvalue weighted by molar-refractivity contribution is 7.92. The van der Waals surface area contributed by atoms with E-state index in [2.05, 4.69) is 4.72 Å². The van der Waals surface area contributed by atoms with Crippen molar-refractivity contribution in [1.29, 1.82) is 0 Å². The zero-order valence-corrected chi connectivity index (χ0v) is 16.5. The molecule has 5 nitrogen and oxygen atoms in total. The van der Waals surface area contributed by atoms with Crippen LogP contribution in [0.3, 0.4) is 0 Å². The molecule has 136 valence electrons. The minimum atomic E-state index is -3.90. The summed E-state index contributed by atoms with van der Waals surface area (Å²) in [5.74, 6) is 0.639. The second-order valence-corrected chi connectivity index (χ2v) is 8.65. The number of hydrogen-bond acceptors (Lipinski definition) is 4. The normalized spacial score (nSPS) is 11.9. The van der Waals surface area contributed by atoms with Crippen molar-refractivity contribution in [3.8, 4) is 11.5 Å². The first kappa shape index (κ1) is 19.4. The molecule has 0 saturated carbocycles. The van der Waals surface area contributed by atoms with E-state index in [1.807, 2.05) is 26.8 Å². The second-order valence-electron chi connectivity index (χ2n) is 6.57. The van der Waals surface area contributed by atoms with Crippen LogP contribution in [0.15, 0.2) is 41.3 Å². The number of benzene rings is 2. The van der Waals surface area contributed by atoms with E-state index in [9.17, 15) is 8.42 Å². The molecule has 0 aliphatic carbocycles. The van der Waals surface area contributed by atoms with Gasteiger partial charge in [0.05, 0.1) is 19.9 Å². The molecule has 0 unspecified atom stereocenters. The van der Waals surface area contributed by atoms with Crippen LogP contribution in [-0.4, -0.2) is 22.6 Å². The Labute approximate surface area is 154 Å². The Bertz CT molecular complexity index is 873. The first-order valence-corrected chi connectivity index (χ1v) is 9.49. The van der Waals surface area contributed by atoms with Crippen LogP contribution in [-0.2, 0) is 15.4 Å². The highest BCUT2D eigenvalue weighted by Gasteiger charge is 2.24. The Hall–Kier alpha value is -1.92. The van der Waals surface area contributed by atoms with Gasteiger partial charge in [-0.2, -0.15) is 0 Å². The summed E-state index contributed by atoms with van der Waals surface area (Å²) in [7, 11) is -1.01. The van der Waals surface area contributed by atoms with Crippen molar-refractivity contribution in [2.24, 2.45) is 0 Å². The fourth-order valence-corrected chi connectivity index (χ4v) is 3.74. The molecule has 1 N–H and O–H groups in total. The molecule has 2 aromatic rings. The summed E-state index contributed by atoms with van der Waals surface area (Å²) in [5, 5.41) is 0.397. The number of anilines is 1. The Kier molecular flexibility index (Phi) is 5.54. The number of sulfonamides is 1. The van der Waals surface area contributed by atoms with Gasteiger partial charge < -0.3 is 9.47 Å². The minimum Gasteiger partial charge on any atom is -0.495 e. The third-order valence-corrected chi connectivity index (χ3v) is 5.35. The van der Waals surface area contributed by atoms with Gasteiger partial charge in [-0.15, -0.1) is 0 Å². The molecule has 0 amide bonds. The van der Waals surface area contributed by atoms with E-state index < -0.39 is 10.0 Å². The third kappa shape index (κ3) is 4.38. The van der Waals surface area contributed by atoms with E-state index in [0.717, 1.165) is 5.56 Å². The number of hydrogen-bond donors (Lipinski definition) is 1. The molecule has 0 fully saturated rings. The molecule has 0 atom stereocenters. The van der Waals surface area contributed by atoms with Crippen molar-refractivity contribution in [3.05, 3.63) is 47.0 Å². The van der Waals surface area contributed by atoms with Crippen molar-refractivity contribution >= 4 is 27.3 Å². The minimum absolute atomic E-state index is 0.0597. The van der Waals surface area contributed by atoms with E-state index in [1.165, 1.54) is 20.3 Å². The number of methoxy groups -OCH3 is 2. The van der Waals surface area contributed by atoms with Crippen LogP contribution in [0.1, 0.15) is 26.3 Å². The molecule has 0 bridgehead atoms. The quantitative estimate of drug-likeness (QED) is 0.828. The van der Waals surface area contributed by atoms with Crippen LogP contribution in [0.2, 0.25) is 5.02 Å². The molecule has 0 spiro atoms. The first-order chi connectivity index (χ1) is 11.6. The largest absolute Gasteiger partial charge is 0.495 e. The monoisotopic (exact) mass is 383 g/mol. The molecular weight excluding hydrogens is 362 g/mol. The van der Waals surface area contributed by atoms with Gasteiger partial charge in [0.25, 0.3) is 10.0 Å². The number of rotatable bonds is 5. The van der Waals surface area contributed by atoms with Crippen molar-refractivity contribution < 1.29 is 17.9 Å². The van der Waals surface area contributed by atoms with Gasteiger partial charge in [-0.25, -0.2) is 8.42 Å². The van der Waals surface area contributed by atoms with E-state index in [-0.39, 0.29) is 21.7 Å². The molecule has 2 aromatic carbocycles. The molecule has 25 heavy (non-hydrogen) atoms. The predicted molar refractivity (Wildman–Crippen MR) is 101 cm³/mol. The first-order valence-electron chi connectivity index (χ1n) is 7.63. The fourth-order valence-electron chi connectivity index (χ4n) is 2.31. The summed E-state index contributed by atoms with van der Waals surface area (Å²) in [4.78, 5) is 0.0597. The molecule has 0 heterocycles. The summed E-state index contributed by atoms with van der Waals surface area (Å²) in [5.41, 5.74) is 0.939. The highest BCUT2D eigenvalue weighted by Crippen LogP contribution is 2.34. The van der Waals surface area contributed by atoms with Gasteiger partial charge in [0.15, 0.2) is 0 Å². The Morgan fingerprint density at radius 3 is 2.12 bits per heavy atom. The van der Waals surface area contributed by atoms with Gasteiger partial charge in [-0.05, 0) is 41.3 Å². The van der Waals surface area contributed by atoms with Gasteiger partial charge in [0.2, 0.25) is 0 Å². The van der Waals surface area contributed by atoms with Gasteiger partial charge in [-0.3, -0.25) is 4.72 Å². The van der Waals surface area contributed by atoms with Crippen molar-refractivity contribution in [3.63, 3.8) is 0 Å². The SMILES string of the molecule is COc1ccc(Cl)cc1NS(=O)(=O)c1cc(C(C)(C)C)ccc1OC. The smallest absolute Gasteiger partial charge is 0.265 e. The number of nitrogens with one attached hydrogen (secondary N) is 1. The molecule has 0 aliphatic rings. The zero-order chi connectivity index (χ0) is 18.8. The van der Waals surface area contributed by atoms with Gasteiger partial charge in [0, 0.05) is 5.02 Å². The van der Waals surface area contributed by atoms with E-state index in [0.29, 0.717) is 10.8 Å². The lowest BCUT2D eigenvalue weighted by Crippen LogP contribution is -2.17. The van der Waals surface area contributed by atoms with Crippen molar-refractivity contribution in [2.75, 3.05) is 18.9 Å². The molecule has 0 aliphatic heterocycles. The van der Waals surface area contributed by atoms with Gasteiger partial charge in [0.1, 0.15) is 16.4 Å². The Morgan fingerprint density at radius 1 is 0.960 bits per heavy atom. The Morgan fingerprint density at radius 2 is 1.56 bits per heavy atom. The van der Waals surface area contributed by atoms with Gasteiger partial charge in [-0.1, -0.05) is 38.4 Å². The standard InChI is InChI=1S/C18H22ClNO4S/c1-18(2,3)12-6-8-16(24-5)17(10-12)25(21,22)20-14-11-13(19)7-9-15(14)23-4/h6-11,20H,1-5H3. The van der Waals surface area contributed by atoms with Crippen LogP contribution >= 0.6 is 11.6 Å². The third-order valence-electron chi connectivity index (χ3n) is 3.73. The topological polar surface area (TPSA) is 64.6 Å². The number of ether oxygens (including phenoxy) is 2. The second kappa shape index (κ2) is 7.14. The maximum atomic E-state index is 13.0.